The summed E-state index contributed by atoms with van der Waals surface area (Å²) in [6.07, 6.45) is 0. The number of hydrogen-bond acceptors (Lipinski definition) is 2. The molecule has 2 atom stereocenters. The minimum Gasteiger partial charge on any atom is -0.324 e. The molecule has 0 heterocycles. The topological polar surface area (TPSA) is 26.0 Å². The molecule has 2 N–H and O–H groups in total. The molecule has 2 unspecified atom stereocenters. The van der Waals surface area contributed by atoms with E-state index in [-0.39, 0.29) is 6.04 Å². The van der Waals surface area contributed by atoms with Crippen LogP contribution in [0.5, 0.6) is 0 Å². The number of benzene rings is 1. The van der Waals surface area contributed by atoms with Gasteiger partial charge in [0.05, 0.1) is 0 Å². The lowest BCUT2D eigenvalue weighted by Crippen LogP contribution is -2.06. The largest absolute Gasteiger partial charge is 0.324 e. The van der Waals surface area contributed by atoms with Gasteiger partial charge in [-0.2, -0.15) is 0 Å². The second-order valence-electron chi connectivity index (χ2n) is 4.55. The van der Waals surface area contributed by atoms with Gasteiger partial charge in [-0.3, -0.25) is 0 Å². The molecule has 1 nitrogen and oxygen atoms in total. The first-order chi connectivity index (χ1) is 7.41. The van der Waals surface area contributed by atoms with Crippen LogP contribution in [0.15, 0.2) is 27.6 Å². The molecule has 0 aliphatic heterocycles. The van der Waals surface area contributed by atoms with Crippen molar-refractivity contribution in [3.05, 3.63) is 28.2 Å². The van der Waals surface area contributed by atoms with Crippen molar-refractivity contribution in [3.8, 4) is 0 Å². The second-order valence-corrected chi connectivity index (χ2v) is 6.82. The summed E-state index contributed by atoms with van der Waals surface area (Å²) in [5.41, 5.74) is 7.03. The summed E-state index contributed by atoms with van der Waals surface area (Å²) in [6.45, 7) is 8.77. The van der Waals surface area contributed by atoms with E-state index < -0.39 is 0 Å². The lowest BCUT2D eigenvalue weighted by Gasteiger charge is -2.16. The van der Waals surface area contributed by atoms with Crippen molar-refractivity contribution in [2.24, 2.45) is 11.7 Å². The van der Waals surface area contributed by atoms with Gasteiger partial charge in [-0.05, 0) is 46.5 Å². The normalized spacial score (nSPS) is 15.2. The molecule has 1 rings (SSSR count). The highest BCUT2D eigenvalue weighted by molar-refractivity contribution is 9.10. The summed E-state index contributed by atoms with van der Waals surface area (Å²) in [4.78, 5) is 1.30. The molecule has 0 amide bonds. The van der Waals surface area contributed by atoms with Crippen LogP contribution in [0.1, 0.15) is 39.3 Å². The van der Waals surface area contributed by atoms with Gasteiger partial charge < -0.3 is 5.73 Å². The van der Waals surface area contributed by atoms with Gasteiger partial charge in [-0.15, -0.1) is 11.8 Å². The molecule has 0 fully saturated rings. The van der Waals surface area contributed by atoms with Crippen molar-refractivity contribution < 1.29 is 0 Å². The Morgan fingerprint density at radius 3 is 2.25 bits per heavy atom. The van der Waals surface area contributed by atoms with Crippen molar-refractivity contribution in [1.82, 2.24) is 0 Å². The zero-order chi connectivity index (χ0) is 12.3. The SMILES string of the molecule is CC(N)c1ccc(SC(C)C(C)C)c(Br)c1. The molecule has 16 heavy (non-hydrogen) atoms. The van der Waals surface area contributed by atoms with Crippen molar-refractivity contribution in [2.75, 3.05) is 0 Å². The first kappa shape index (κ1) is 14.1. The zero-order valence-corrected chi connectivity index (χ0v) is 12.7. The zero-order valence-electron chi connectivity index (χ0n) is 10.3. The smallest absolute Gasteiger partial charge is 0.0314 e. The molecule has 1 aromatic carbocycles. The average Bonchev–Trinajstić information content (AvgIpc) is 2.20. The highest BCUT2D eigenvalue weighted by Gasteiger charge is 2.11. The van der Waals surface area contributed by atoms with Crippen molar-refractivity contribution in [2.45, 2.75) is 43.9 Å². The molecule has 0 aliphatic carbocycles. The number of halogens is 1. The van der Waals surface area contributed by atoms with E-state index in [1.165, 1.54) is 10.5 Å². The molecule has 0 saturated heterocycles. The van der Waals surface area contributed by atoms with E-state index in [1.807, 2.05) is 18.7 Å². The molecular formula is C13H20BrNS. The van der Waals surface area contributed by atoms with Crippen LogP contribution in [0, 0.1) is 5.92 Å². The molecule has 3 heteroatoms. The third-order valence-electron chi connectivity index (χ3n) is 2.73. The standard InChI is InChI=1S/C13H20BrNS/c1-8(2)10(4)16-13-6-5-11(9(3)15)7-12(13)14/h5-10H,15H2,1-4H3. The molecule has 1 aromatic rings. The van der Waals surface area contributed by atoms with Crippen molar-refractivity contribution in [1.29, 1.82) is 0 Å². The number of nitrogens with two attached hydrogens (primary N) is 1. The minimum atomic E-state index is 0.0953. The van der Waals surface area contributed by atoms with Gasteiger partial charge >= 0.3 is 0 Å². The summed E-state index contributed by atoms with van der Waals surface area (Å²) >= 11 is 5.53. The highest BCUT2D eigenvalue weighted by Crippen LogP contribution is 2.34. The summed E-state index contributed by atoms with van der Waals surface area (Å²) < 4.78 is 1.15. The molecule has 0 saturated carbocycles. The Morgan fingerprint density at radius 1 is 1.19 bits per heavy atom. The molecule has 90 valence electrons. The third-order valence-corrected chi connectivity index (χ3v) is 5.18. The lowest BCUT2D eigenvalue weighted by molar-refractivity contribution is 0.642. The maximum absolute atomic E-state index is 5.85. The molecule has 0 spiro atoms. The fourth-order valence-electron chi connectivity index (χ4n) is 1.23. The fraction of sp³-hybridized carbons (Fsp3) is 0.538. The Kier molecular flexibility index (Phi) is 5.35. The number of hydrogen-bond donors (Lipinski definition) is 1. The summed E-state index contributed by atoms with van der Waals surface area (Å²) in [7, 11) is 0. The van der Waals surface area contributed by atoms with Crippen LogP contribution >= 0.6 is 27.7 Å². The van der Waals surface area contributed by atoms with Crippen LogP contribution in [0.25, 0.3) is 0 Å². The van der Waals surface area contributed by atoms with E-state index in [2.05, 4.69) is 54.9 Å². The quantitative estimate of drug-likeness (QED) is 0.822. The maximum atomic E-state index is 5.85. The van der Waals surface area contributed by atoms with Gasteiger partial charge in [0.2, 0.25) is 0 Å². The van der Waals surface area contributed by atoms with Gasteiger partial charge in [0.25, 0.3) is 0 Å². The Bertz CT molecular complexity index is 350. The first-order valence-corrected chi connectivity index (χ1v) is 7.30. The van der Waals surface area contributed by atoms with E-state index in [4.69, 9.17) is 5.73 Å². The minimum absolute atomic E-state index is 0.0953. The highest BCUT2D eigenvalue weighted by atomic mass is 79.9. The summed E-state index contributed by atoms with van der Waals surface area (Å²) in [5, 5.41) is 0.623. The summed E-state index contributed by atoms with van der Waals surface area (Å²) in [6, 6.07) is 6.50. The van der Waals surface area contributed by atoms with E-state index >= 15 is 0 Å². The van der Waals surface area contributed by atoms with E-state index in [0.717, 1.165) is 4.47 Å². The predicted molar refractivity (Wildman–Crippen MR) is 76.9 cm³/mol. The van der Waals surface area contributed by atoms with Crippen LogP contribution in [-0.4, -0.2) is 5.25 Å². The molecule has 0 radical (unpaired) electrons. The lowest BCUT2D eigenvalue weighted by atomic mass is 10.1. The third kappa shape index (κ3) is 3.79. The van der Waals surface area contributed by atoms with Crippen LogP contribution in [0.4, 0.5) is 0 Å². The number of thioether (sulfide) groups is 1. The van der Waals surface area contributed by atoms with Crippen LogP contribution in [-0.2, 0) is 0 Å². The Balaban J connectivity index is 2.83. The number of rotatable bonds is 4. The Labute approximate surface area is 111 Å². The van der Waals surface area contributed by atoms with Gasteiger partial charge in [0, 0.05) is 20.7 Å². The van der Waals surface area contributed by atoms with Gasteiger partial charge in [0.15, 0.2) is 0 Å². The van der Waals surface area contributed by atoms with E-state index in [9.17, 15) is 0 Å². The first-order valence-electron chi connectivity index (χ1n) is 5.63. The fourth-order valence-corrected chi connectivity index (χ4v) is 2.90. The molecule has 0 bridgehead atoms. The monoisotopic (exact) mass is 301 g/mol. The Hall–Kier alpha value is 0.01000. The average molecular weight is 302 g/mol. The predicted octanol–water partition coefficient (Wildman–Crippen LogP) is 4.61. The van der Waals surface area contributed by atoms with Crippen molar-refractivity contribution >= 4 is 27.7 Å². The van der Waals surface area contributed by atoms with Crippen LogP contribution in [0.3, 0.4) is 0 Å². The molecule has 0 aromatic heterocycles. The maximum Gasteiger partial charge on any atom is 0.0314 e. The van der Waals surface area contributed by atoms with Crippen LogP contribution in [0.2, 0.25) is 0 Å². The van der Waals surface area contributed by atoms with E-state index in [0.29, 0.717) is 11.2 Å². The summed E-state index contributed by atoms with van der Waals surface area (Å²) in [5.74, 6) is 0.685. The van der Waals surface area contributed by atoms with E-state index in [1.54, 1.807) is 0 Å². The van der Waals surface area contributed by atoms with Crippen LogP contribution < -0.4 is 5.73 Å². The van der Waals surface area contributed by atoms with Crippen molar-refractivity contribution in [3.63, 3.8) is 0 Å². The second kappa shape index (κ2) is 6.08. The van der Waals surface area contributed by atoms with Gasteiger partial charge in [-0.1, -0.05) is 26.8 Å². The molecular weight excluding hydrogens is 282 g/mol. The Morgan fingerprint density at radius 2 is 1.81 bits per heavy atom. The van der Waals surface area contributed by atoms with Gasteiger partial charge in [0.1, 0.15) is 0 Å². The van der Waals surface area contributed by atoms with Gasteiger partial charge in [-0.25, -0.2) is 0 Å². The molecule has 0 aliphatic rings.